The van der Waals surface area contributed by atoms with Crippen LogP contribution < -0.4 is 11.1 Å². The Morgan fingerprint density at radius 1 is 1.35 bits per heavy atom. The highest BCUT2D eigenvalue weighted by Gasteiger charge is 2.27. The second kappa shape index (κ2) is 5.85. The number of nitrogens with one attached hydrogen (secondary N) is 1. The third-order valence-corrected chi connectivity index (χ3v) is 3.66. The lowest BCUT2D eigenvalue weighted by Crippen LogP contribution is -2.32. The minimum Gasteiger partial charge on any atom is -0.377 e. The lowest BCUT2D eigenvalue weighted by molar-refractivity contribution is -0.386. The quantitative estimate of drug-likeness (QED) is 0.652. The van der Waals surface area contributed by atoms with Crippen molar-refractivity contribution in [1.29, 1.82) is 0 Å². The summed E-state index contributed by atoms with van der Waals surface area (Å²) in [6.45, 7) is 0. The maximum atomic E-state index is 13.5. The number of hydrogen-bond acceptors (Lipinski definition) is 4. The number of carbonyl (C=O) groups excluding carboxylic acids is 1. The highest BCUT2D eigenvalue weighted by molar-refractivity contribution is 5.76. The minimum atomic E-state index is -0.856. The number of rotatable bonds is 4. The Labute approximate surface area is 115 Å². The Balaban J connectivity index is 2.07. The largest absolute Gasteiger partial charge is 0.377 e. The molecule has 6 nitrogen and oxygen atoms in total. The van der Waals surface area contributed by atoms with Gasteiger partial charge in [-0.3, -0.25) is 14.9 Å². The number of halogens is 1. The van der Waals surface area contributed by atoms with E-state index in [0.717, 1.165) is 6.07 Å². The molecule has 0 aromatic heterocycles. The van der Waals surface area contributed by atoms with E-state index in [1.807, 2.05) is 0 Å². The number of anilines is 1. The van der Waals surface area contributed by atoms with E-state index in [-0.39, 0.29) is 23.6 Å². The van der Waals surface area contributed by atoms with Gasteiger partial charge in [0.2, 0.25) is 11.7 Å². The van der Waals surface area contributed by atoms with Crippen LogP contribution in [0.4, 0.5) is 15.8 Å². The predicted octanol–water partition coefficient (Wildman–Crippen LogP) is 2.19. The molecule has 1 aromatic carbocycles. The number of para-hydroxylation sites is 1. The van der Waals surface area contributed by atoms with Crippen molar-refractivity contribution < 1.29 is 14.1 Å². The zero-order chi connectivity index (χ0) is 14.7. The van der Waals surface area contributed by atoms with Crippen LogP contribution in [0.5, 0.6) is 0 Å². The van der Waals surface area contributed by atoms with E-state index in [9.17, 15) is 19.3 Å². The number of benzene rings is 1. The van der Waals surface area contributed by atoms with Gasteiger partial charge in [0.25, 0.3) is 0 Å². The molecule has 1 fully saturated rings. The molecular weight excluding hydrogens is 265 g/mol. The molecule has 0 aliphatic heterocycles. The molecule has 20 heavy (non-hydrogen) atoms. The van der Waals surface area contributed by atoms with Crippen LogP contribution in [-0.4, -0.2) is 16.9 Å². The van der Waals surface area contributed by atoms with Crippen LogP contribution in [0, 0.1) is 21.8 Å². The molecule has 0 heterocycles. The Morgan fingerprint density at radius 3 is 2.55 bits per heavy atom. The summed E-state index contributed by atoms with van der Waals surface area (Å²) < 4.78 is 13.5. The first-order valence-corrected chi connectivity index (χ1v) is 6.47. The molecule has 0 atom stereocenters. The maximum Gasteiger partial charge on any atom is 0.327 e. The number of nitrogens with two attached hydrogens (primary N) is 1. The van der Waals surface area contributed by atoms with Crippen molar-refractivity contribution in [3.8, 4) is 0 Å². The van der Waals surface area contributed by atoms with Crippen molar-refractivity contribution in [3.05, 3.63) is 34.1 Å². The summed E-state index contributed by atoms with van der Waals surface area (Å²) in [4.78, 5) is 21.2. The van der Waals surface area contributed by atoms with E-state index in [2.05, 4.69) is 5.32 Å². The van der Waals surface area contributed by atoms with Gasteiger partial charge in [-0.25, -0.2) is 0 Å². The van der Waals surface area contributed by atoms with E-state index in [1.165, 1.54) is 12.1 Å². The van der Waals surface area contributed by atoms with Gasteiger partial charge in [0, 0.05) is 12.0 Å². The number of carbonyl (C=O) groups is 1. The molecule has 0 saturated heterocycles. The Kier molecular flexibility index (Phi) is 4.16. The van der Waals surface area contributed by atoms with Gasteiger partial charge in [-0.15, -0.1) is 0 Å². The number of nitrogens with zero attached hydrogens (tertiary/aromatic N) is 1. The first kappa shape index (κ1) is 14.2. The number of primary amides is 1. The van der Waals surface area contributed by atoms with Crippen LogP contribution >= 0.6 is 0 Å². The first-order valence-electron chi connectivity index (χ1n) is 6.47. The molecule has 1 aromatic rings. The van der Waals surface area contributed by atoms with Crippen LogP contribution in [0.25, 0.3) is 0 Å². The van der Waals surface area contributed by atoms with Crippen molar-refractivity contribution in [1.82, 2.24) is 0 Å². The third-order valence-electron chi connectivity index (χ3n) is 3.66. The minimum absolute atomic E-state index is 0.00824. The molecule has 0 spiro atoms. The van der Waals surface area contributed by atoms with Crippen LogP contribution in [0.3, 0.4) is 0 Å². The molecular formula is C13H16FN3O3. The van der Waals surface area contributed by atoms with E-state index in [0.29, 0.717) is 25.7 Å². The highest BCUT2D eigenvalue weighted by Crippen LogP contribution is 2.31. The molecule has 7 heteroatoms. The van der Waals surface area contributed by atoms with E-state index < -0.39 is 16.4 Å². The van der Waals surface area contributed by atoms with Crippen molar-refractivity contribution in [2.75, 3.05) is 5.32 Å². The maximum absolute atomic E-state index is 13.5. The summed E-state index contributed by atoms with van der Waals surface area (Å²) in [5.74, 6) is -1.29. The molecule has 1 aliphatic rings. The predicted molar refractivity (Wildman–Crippen MR) is 71.6 cm³/mol. The summed E-state index contributed by atoms with van der Waals surface area (Å²) in [7, 11) is 0. The molecule has 2 rings (SSSR count). The van der Waals surface area contributed by atoms with E-state index in [1.54, 1.807) is 0 Å². The van der Waals surface area contributed by atoms with Crippen molar-refractivity contribution in [3.63, 3.8) is 0 Å². The second-order valence-corrected chi connectivity index (χ2v) is 4.99. The molecule has 108 valence electrons. The zero-order valence-corrected chi connectivity index (χ0v) is 10.8. The SMILES string of the molecule is NC(=O)C1CCC(Nc2cccc(F)c2[N+](=O)[O-])CC1. The summed E-state index contributed by atoms with van der Waals surface area (Å²) in [5, 5.41) is 13.9. The summed E-state index contributed by atoms with van der Waals surface area (Å²) in [5.41, 5.74) is 4.89. The summed E-state index contributed by atoms with van der Waals surface area (Å²) in [6.07, 6.45) is 2.66. The van der Waals surface area contributed by atoms with Gasteiger partial charge >= 0.3 is 5.69 Å². The molecule has 1 saturated carbocycles. The van der Waals surface area contributed by atoms with Gasteiger partial charge in [-0.05, 0) is 37.8 Å². The third kappa shape index (κ3) is 3.04. The lowest BCUT2D eigenvalue weighted by atomic mass is 9.85. The van der Waals surface area contributed by atoms with E-state index >= 15 is 0 Å². The lowest BCUT2D eigenvalue weighted by Gasteiger charge is -2.27. The van der Waals surface area contributed by atoms with Gasteiger partial charge in [-0.2, -0.15) is 4.39 Å². The first-order chi connectivity index (χ1) is 9.49. The topological polar surface area (TPSA) is 98.3 Å². The highest BCUT2D eigenvalue weighted by atomic mass is 19.1. The molecule has 0 unspecified atom stereocenters. The molecule has 1 amide bonds. The normalized spacial score (nSPS) is 22.2. The number of amides is 1. The molecule has 1 aliphatic carbocycles. The van der Waals surface area contributed by atoms with Gasteiger partial charge < -0.3 is 11.1 Å². The van der Waals surface area contributed by atoms with Crippen LogP contribution in [0.1, 0.15) is 25.7 Å². The number of hydrogen-bond donors (Lipinski definition) is 2. The van der Waals surface area contributed by atoms with Crippen LogP contribution in [0.15, 0.2) is 18.2 Å². The van der Waals surface area contributed by atoms with Crippen molar-refractivity contribution >= 4 is 17.3 Å². The zero-order valence-electron chi connectivity index (χ0n) is 10.8. The summed E-state index contributed by atoms with van der Waals surface area (Å²) in [6, 6.07) is 3.97. The number of nitro benzene ring substituents is 1. The molecule has 0 radical (unpaired) electrons. The fourth-order valence-corrected chi connectivity index (χ4v) is 2.56. The van der Waals surface area contributed by atoms with Gasteiger partial charge in [-0.1, -0.05) is 6.07 Å². The second-order valence-electron chi connectivity index (χ2n) is 4.99. The Hall–Kier alpha value is -2.18. The average molecular weight is 281 g/mol. The number of nitro groups is 1. The van der Waals surface area contributed by atoms with Crippen LogP contribution in [0.2, 0.25) is 0 Å². The standard InChI is InChI=1S/C13H16FN3O3/c14-10-2-1-3-11(12(10)17(19)20)16-9-6-4-8(5-7-9)13(15)18/h1-3,8-9,16H,4-7H2,(H2,15,18). The molecule has 0 bridgehead atoms. The monoisotopic (exact) mass is 281 g/mol. The smallest absolute Gasteiger partial charge is 0.327 e. The Morgan fingerprint density at radius 2 is 2.00 bits per heavy atom. The van der Waals surface area contributed by atoms with E-state index in [4.69, 9.17) is 5.73 Å². The Bertz CT molecular complexity index is 528. The van der Waals surface area contributed by atoms with Crippen LogP contribution in [-0.2, 0) is 4.79 Å². The van der Waals surface area contributed by atoms with Gasteiger partial charge in [0.05, 0.1) is 4.92 Å². The van der Waals surface area contributed by atoms with Gasteiger partial charge in [0.1, 0.15) is 5.69 Å². The molecule has 3 N–H and O–H groups in total. The fraction of sp³-hybridized carbons (Fsp3) is 0.462. The summed E-state index contributed by atoms with van der Waals surface area (Å²) >= 11 is 0. The average Bonchev–Trinajstić information content (AvgIpc) is 2.39. The van der Waals surface area contributed by atoms with Gasteiger partial charge in [0.15, 0.2) is 0 Å². The van der Waals surface area contributed by atoms with Crippen molar-refractivity contribution in [2.45, 2.75) is 31.7 Å². The fourth-order valence-electron chi connectivity index (χ4n) is 2.56. The van der Waals surface area contributed by atoms with Crippen molar-refractivity contribution in [2.24, 2.45) is 11.7 Å².